The fourth-order valence-electron chi connectivity index (χ4n) is 4.04. The third kappa shape index (κ3) is 5.98. The van der Waals surface area contributed by atoms with E-state index >= 15 is 0 Å². The van der Waals surface area contributed by atoms with E-state index < -0.39 is 17.6 Å². The second-order valence-corrected chi connectivity index (χ2v) is 8.43. The Balaban J connectivity index is 1.29. The summed E-state index contributed by atoms with van der Waals surface area (Å²) >= 11 is 0. The maximum absolute atomic E-state index is 13.1. The smallest absolute Gasteiger partial charge is 0.336 e. The van der Waals surface area contributed by atoms with Gasteiger partial charge in [-0.15, -0.1) is 0 Å². The van der Waals surface area contributed by atoms with E-state index in [4.69, 9.17) is 0 Å². The summed E-state index contributed by atoms with van der Waals surface area (Å²) in [6, 6.07) is 20.2. The van der Waals surface area contributed by atoms with Crippen molar-refractivity contribution in [3.05, 3.63) is 101 Å². The van der Waals surface area contributed by atoms with Crippen LogP contribution in [-0.2, 0) is 11.0 Å². The highest BCUT2D eigenvalue weighted by molar-refractivity contribution is 6.09. The van der Waals surface area contributed by atoms with Crippen LogP contribution in [0.2, 0.25) is 0 Å². The van der Waals surface area contributed by atoms with Crippen molar-refractivity contribution in [2.45, 2.75) is 6.18 Å². The van der Waals surface area contributed by atoms with E-state index in [2.05, 4.69) is 5.32 Å². The molecule has 0 saturated carbocycles. The Kier molecular flexibility index (Phi) is 7.49. The van der Waals surface area contributed by atoms with Crippen LogP contribution in [0.25, 0.3) is 0 Å². The van der Waals surface area contributed by atoms with E-state index in [1.807, 2.05) is 6.07 Å². The first-order valence-electron chi connectivity index (χ1n) is 11.4. The summed E-state index contributed by atoms with van der Waals surface area (Å²) in [6.07, 6.45) is -4.57. The Labute approximate surface area is 206 Å². The Hall–Kier alpha value is -3.98. The summed E-state index contributed by atoms with van der Waals surface area (Å²) in [5.41, 5.74) is 0.331. The molecule has 1 saturated heterocycles. The van der Waals surface area contributed by atoms with Gasteiger partial charge < -0.3 is 10.2 Å². The van der Waals surface area contributed by atoms with Crippen molar-refractivity contribution < 1.29 is 27.6 Å². The minimum absolute atomic E-state index is 0.0789. The number of anilines is 1. The highest BCUT2D eigenvalue weighted by atomic mass is 19.4. The number of ketones is 1. The average Bonchev–Trinajstić information content (AvgIpc) is 2.88. The number of nitrogens with zero attached hydrogens (tertiary/aromatic N) is 2. The molecule has 1 fully saturated rings. The largest absolute Gasteiger partial charge is 0.418 e. The van der Waals surface area contributed by atoms with Crippen molar-refractivity contribution in [2.75, 3.05) is 38.0 Å². The summed E-state index contributed by atoms with van der Waals surface area (Å²) in [4.78, 5) is 41.2. The molecule has 1 aliphatic heterocycles. The molecule has 1 aliphatic rings. The van der Waals surface area contributed by atoms with Crippen molar-refractivity contribution >= 4 is 23.3 Å². The predicted octanol–water partition coefficient (Wildman–Crippen LogP) is 4.33. The number of halogens is 3. The summed E-state index contributed by atoms with van der Waals surface area (Å²) < 4.78 is 39.4. The molecule has 0 radical (unpaired) electrons. The zero-order valence-electron chi connectivity index (χ0n) is 19.3. The summed E-state index contributed by atoms with van der Waals surface area (Å²) in [7, 11) is 0. The molecule has 6 nitrogen and oxygen atoms in total. The third-order valence-corrected chi connectivity index (χ3v) is 5.96. The van der Waals surface area contributed by atoms with Crippen molar-refractivity contribution in [3.8, 4) is 0 Å². The summed E-state index contributed by atoms with van der Waals surface area (Å²) in [5, 5.41) is 2.34. The topological polar surface area (TPSA) is 69.7 Å². The molecular weight excluding hydrogens is 471 g/mol. The fraction of sp³-hybridized carbons (Fsp3) is 0.222. The SMILES string of the molecule is O=C(CN1CCN(C(=O)c2ccc(C(=O)c3ccccc3)cc2)CC1)Nc1ccccc1C(F)(F)F. The van der Waals surface area contributed by atoms with E-state index in [1.54, 1.807) is 58.3 Å². The molecule has 0 aliphatic carbocycles. The average molecular weight is 496 g/mol. The molecule has 1 heterocycles. The highest BCUT2D eigenvalue weighted by Gasteiger charge is 2.33. The van der Waals surface area contributed by atoms with Crippen LogP contribution in [0.4, 0.5) is 18.9 Å². The lowest BCUT2D eigenvalue weighted by atomic mass is 10.0. The van der Waals surface area contributed by atoms with E-state index in [1.165, 1.54) is 18.2 Å². The number of para-hydroxylation sites is 1. The molecule has 3 aromatic carbocycles. The van der Waals surface area contributed by atoms with E-state index in [9.17, 15) is 27.6 Å². The predicted molar refractivity (Wildman–Crippen MR) is 129 cm³/mol. The quantitative estimate of drug-likeness (QED) is 0.517. The summed E-state index contributed by atoms with van der Waals surface area (Å²) in [5.74, 6) is -0.860. The maximum atomic E-state index is 13.1. The molecule has 3 aromatic rings. The molecule has 0 atom stereocenters. The van der Waals surface area contributed by atoms with Gasteiger partial charge in [0.05, 0.1) is 17.8 Å². The van der Waals surface area contributed by atoms with E-state index in [-0.39, 0.29) is 23.9 Å². The lowest BCUT2D eigenvalue weighted by molar-refractivity contribution is -0.137. The fourth-order valence-corrected chi connectivity index (χ4v) is 4.04. The highest BCUT2D eigenvalue weighted by Crippen LogP contribution is 2.34. The molecule has 2 amide bonds. The number of hydrogen-bond donors (Lipinski definition) is 1. The lowest BCUT2D eigenvalue weighted by Gasteiger charge is -2.34. The second-order valence-electron chi connectivity index (χ2n) is 8.43. The maximum Gasteiger partial charge on any atom is 0.418 e. The van der Waals surface area contributed by atoms with Gasteiger partial charge in [0.15, 0.2) is 5.78 Å². The van der Waals surface area contributed by atoms with Gasteiger partial charge in [0.2, 0.25) is 5.91 Å². The molecule has 4 rings (SSSR count). The molecule has 0 bridgehead atoms. The van der Waals surface area contributed by atoms with Gasteiger partial charge in [0, 0.05) is 42.9 Å². The second kappa shape index (κ2) is 10.7. The molecule has 0 spiro atoms. The van der Waals surface area contributed by atoms with Crippen LogP contribution in [-0.4, -0.2) is 60.1 Å². The molecule has 0 aromatic heterocycles. The number of rotatable bonds is 6. The Morgan fingerprint density at radius 3 is 1.92 bits per heavy atom. The monoisotopic (exact) mass is 495 g/mol. The van der Waals surface area contributed by atoms with Gasteiger partial charge >= 0.3 is 6.18 Å². The number of hydrogen-bond acceptors (Lipinski definition) is 4. The summed E-state index contributed by atoms with van der Waals surface area (Å²) in [6.45, 7) is 1.48. The van der Waals surface area contributed by atoms with Gasteiger partial charge in [0.1, 0.15) is 0 Å². The lowest BCUT2D eigenvalue weighted by Crippen LogP contribution is -2.50. The first kappa shape index (κ1) is 25.1. The first-order valence-corrected chi connectivity index (χ1v) is 11.4. The van der Waals surface area contributed by atoms with Crippen LogP contribution in [0.1, 0.15) is 31.8 Å². The van der Waals surface area contributed by atoms with Crippen LogP contribution in [0.3, 0.4) is 0 Å². The van der Waals surface area contributed by atoms with E-state index in [0.29, 0.717) is 42.9 Å². The Morgan fingerprint density at radius 1 is 0.722 bits per heavy atom. The minimum atomic E-state index is -4.57. The molecule has 36 heavy (non-hydrogen) atoms. The van der Waals surface area contributed by atoms with Gasteiger partial charge in [-0.2, -0.15) is 13.2 Å². The zero-order valence-corrected chi connectivity index (χ0v) is 19.3. The number of alkyl halides is 3. The van der Waals surface area contributed by atoms with Gasteiger partial charge in [-0.3, -0.25) is 19.3 Å². The number of piperazine rings is 1. The van der Waals surface area contributed by atoms with Gasteiger partial charge in [-0.25, -0.2) is 0 Å². The van der Waals surface area contributed by atoms with Gasteiger partial charge in [-0.05, 0) is 24.3 Å². The number of carbonyl (C=O) groups excluding carboxylic acids is 3. The zero-order chi connectivity index (χ0) is 25.7. The number of amides is 2. The van der Waals surface area contributed by atoms with Crippen LogP contribution < -0.4 is 5.32 Å². The first-order chi connectivity index (χ1) is 17.2. The number of benzene rings is 3. The standard InChI is InChI=1S/C27H24F3N3O3/c28-27(29,30)22-8-4-5-9-23(22)31-24(34)18-32-14-16-33(17-15-32)26(36)21-12-10-20(11-13-21)25(35)19-6-2-1-3-7-19/h1-13H,14-18H2,(H,31,34). The molecular formula is C27H24F3N3O3. The van der Waals surface area contributed by atoms with Crippen molar-refractivity contribution in [1.29, 1.82) is 0 Å². The molecule has 1 N–H and O–H groups in total. The van der Waals surface area contributed by atoms with Crippen LogP contribution >= 0.6 is 0 Å². The molecule has 0 unspecified atom stereocenters. The van der Waals surface area contributed by atoms with Gasteiger partial charge in [0.25, 0.3) is 5.91 Å². The van der Waals surface area contributed by atoms with Crippen LogP contribution in [0, 0.1) is 0 Å². The number of nitrogens with one attached hydrogen (secondary N) is 1. The van der Waals surface area contributed by atoms with Crippen molar-refractivity contribution in [1.82, 2.24) is 9.80 Å². The Morgan fingerprint density at radius 2 is 1.28 bits per heavy atom. The van der Waals surface area contributed by atoms with Crippen LogP contribution in [0.5, 0.6) is 0 Å². The third-order valence-electron chi connectivity index (χ3n) is 5.96. The van der Waals surface area contributed by atoms with Gasteiger partial charge in [-0.1, -0.05) is 54.6 Å². The Bertz CT molecular complexity index is 1240. The number of carbonyl (C=O) groups is 3. The normalized spacial score (nSPS) is 14.4. The molecule has 186 valence electrons. The van der Waals surface area contributed by atoms with Crippen molar-refractivity contribution in [3.63, 3.8) is 0 Å². The van der Waals surface area contributed by atoms with Crippen molar-refractivity contribution in [2.24, 2.45) is 0 Å². The van der Waals surface area contributed by atoms with Crippen LogP contribution in [0.15, 0.2) is 78.9 Å². The molecule has 9 heteroatoms. The minimum Gasteiger partial charge on any atom is -0.336 e. The van der Waals surface area contributed by atoms with E-state index in [0.717, 1.165) is 6.07 Å².